The largest absolute Gasteiger partial charge is 0.465 e. The number of esters is 1. The smallest absolute Gasteiger partial charge is 0.351 e. The van der Waals surface area contributed by atoms with Crippen LogP contribution in [0.3, 0.4) is 0 Å². The fourth-order valence-electron chi connectivity index (χ4n) is 5.64. The molecule has 7 aromatic rings. The molecule has 0 atom stereocenters. The third kappa shape index (κ3) is 3.27. The fourth-order valence-corrected chi connectivity index (χ4v) is 5.64. The van der Waals surface area contributed by atoms with E-state index in [1.54, 1.807) is 6.07 Å². The molecule has 0 spiro atoms. The quantitative estimate of drug-likeness (QED) is 0.157. The molecule has 0 amide bonds. The summed E-state index contributed by atoms with van der Waals surface area (Å²) >= 11 is 0. The van der Waals surface area contributed by atoms with Crippen molar-refractivity contribution in [2.75, 3.05) is 7.11 Å². The Morgan fingerprint density at radius 3 is 1.89 bits per heavy atom. The molecule has 0 saturated carbocycles. The molecule has 2 N–H and O–H groups in total. The molecule has 3 heterocycles. The molecular formula is C32H22N2O4. The Labute approximate surface area is 216 Å². The Balaban J connectivity index is 1.61. The highest BCUT2D eigenvalue weighted by atomic mass is 16.5. The lowest BCUT2D eigenvalue weighted by molar-refractivity contribution is 0.0596. The predicted octanol–water partition coefficient (Wildman–Crippen LogP) is 6.88. The Bertz CT molecular complexity index is 2000. The normalized spacial score (nSPS) is 11.7. The highest BCUT2D eigenvalue weighted by Gasteiger charge is 2.26. The van der Waals surface area contributed by atoms with E-state index in [0.29, 0.717) is 11.0 Å². The minimum absolute atomic E-state index is 0.128. The van der Waals surface area contributed by atoms with Crippen LogP contribution in [-0.2, 0) is 4.74 Å². The van der Waals surface area contributed by atoms with E-state index < -0.39 is 11.6 Å². The number of hydrogen-bond donors (Lipinski definition) is 2. The minimum Gasteiger partial charge on any atom is -0.465 e. The molecule has 0 aliphatic rings. The van der Waals surface area contributed by atoms with Gasteiger partial charge in [-0.05, 0) is 46.3 Å². The van der Waals surface area contributed by atoms with Crippen molar-refractivity contribution in [2.24, 2.45) is 0 Å². The second-order valence-electron chi connectivity index (χ2n) is 9.38. The number of aromatic amines is 2. The van der Waals surface area contributed by atoms with E-state index >= 15 is 0 Å². The van der Waals surface area contributed by atoms with E-state index in [2.05, 4.69) is 52.7 Å². The molecule has 0 bridgehead atoms. The number of methoxy groups -OCH3 is 1. The lowest BCUT2D eigenvalue weighted by Gasteiger charge is -2.20. The van der Waals surface area contributed by atoms with Crippen molar-refractivity contribution < 1.29 is 13.9 Å². The van der Waals surface area contributed by atoms with Gasteiger partial charge in [0.1, 0.15) is 11.1 Å². The molecule has 4 aromatic carbocycles. The van der Waals surface area contributed by atoms with Crippen molar-refractivity contribution in [2.45, 2.75) is 5.92 Å². The molecule has 184 valence electrons. The number of benzene rings is 4. The Kier molecular flexibility index (Phi) is 4.94. The summed E-state index contributed by atoms with van der Waals surface area (Å²) in [7, 11) is 1.25. The lowest BCUT2D eigenvalue weighted by atomic mass is 9.81. The number of rotatable bonds is 4. The Morgan fingerprint density at radius 1 is 0.737 bits per heavy atom. The fraction of sp³-hybridized carbons (Fsp3) is 0.0625. The number of fused-ring (bicyclic) bond motifs is 5. The molecule has 0 aliphatic heterocycles. The van der Waals surface area contributed by atoms with Crippen LogP contribution in [-0.4, -0.2) is 23.0 Å². The number of H-pyrrole nitrogens is 2. The van der Waals surface area contributed by atoms with E-state index in [0.717, 1.165) is 49.3 Å². The van der Waals surface area contributed by atoms with E-state index in [-0.39, 0.29) is 11.5 Å². The van der Waals surface area contributed by atoms with Crippen molar-refractivity contribution in [3.8, 4) is 0 Å². The zero-order valence-electron chi connectivity index (χ0n) is 20.4. The predicted molar refractivity (Wildman–Crippen MR) is 149 cm³/mol. The molecule has 0 fully saturated rings. The molecule has 3 aromatic heterocycles. The molecule has 38 heavy (non-hydrogen) atoms. The summed E-state index contributed by atoms with van der Waals surface area (Å²) in [5.74, 6) is -0.884. The Morgan fingerprint density at radius 2 is 1.29 bits per heavy atom. The first-order valence-corrected chi connectivity index (χ1v) is 12.3. The van der Waals surface area contributed by atoms with Crippen LogP contribution in [0, 0.1) is 0 Å². The van der Waals surface area contributed by atoms with Crippen molar-refractivity contribution in [3.63, 3.8) is 0 Å². The van der Waals surface area contributed by atoms with Crippen LogP contribution < -0.4 is 5.63 Å². The van der Waals surface area contributed by atoms with Gasteiger partial charge in [-0.1, -0.05) is 60.7 Å². The van der Waals surface area contributed by atoms with Gasteiger partial charge in [0, 0.05) is 50.9 Å². The minimum atomic E-state index is -0.722. The van der Waals surface area contributed by atoms with Crippen LogP contribution >= 0.6 is 0 Å². The molecule has 0 unspecified atom stereocenters. The number of nitrogens with one attached hydrogen (secondary N) is 2. The van der Waals surface area contributed by atoms with Gasteiger partial charge in [-0.2, -0.15) is 0 Å². The van der Waals surface area contributed by atoms with E-state index in [4.69, 9.17) is 9.15 Å². The molecule has 0 radical (unpaired) electrons. The highest BCUT2D eigenvalue weighted by molar-refractivity contribution is 6.08. The summed E-state index contributed by atoms with van der Waals surface area (Å²) in [6.45, 7) is 0. The third-order valence-corrected chi connectivity index (χ3v) is 7.35. The Hall–Kier alpha value is -5.10. The van der Waals surface area contributed by atoms with Gasteiger partial charge in [-0.3, -0.25) is 0 Å². The van der Waals surface area contributed by atoms with Crippen molar-refractivity contribution in [1.82, 2.24) is 9.97 Å². The molecule has 0 saturated heterocycles. The average molecular weight is 499 g/mol. The summed E-state index contributed by atoms with van der Waals surface area (Å²) < 4.78 is 10.6. The van der Waals surface area contributed by atoms with Crippen LogP contribution in [0.4, 0.5) is 0 Å². The molecule has 6 nitrogen and oxygen atoms in total. The van der Waals surface area contributed by atoms with Gasteiger partial charge in [-0.15, -0.1) is 0 Å². The van der Waals surface area contributed by atoms with Crippen LogP contribution in [0.5, 0.6) is 0 Å². The maximum Gasteiger partial charge on any atom is 0.351 e. The molecule has 0 aliphatic carbocycles. The van der Waals surface area contributed by atoms with Gasteiger partial charge >= 0.3 is 11.6 Å². The average Bonchev–Trinajstić information content (AvgIpc) is 3.58. The number of hydrogen-bond acceptors (Lipinski definition) is 4. The van der Waals surface area contributed by atoms with E-state index in [1.165, 1.54) is 7.11 Å². The number of carbonyl (C=O) groups excluding carboxylic acids is 1. The summed E-state index contributed by atoms with van der Waals surface area (Å²) in [5, 5.41) is 4.68. The van der Waals surface area contributed by atoms with Crippen LogP contribution in [0.2, 0.25) is 0 Å². The van der Waals surface area contributed by atoms with Crippen LogP contribution in [0.1, 0.15) is 33.0 Å². The van der Waals surface area contributed by atoms with Crippen molar-refractivity contribution in [1.29, 1.82) is 0 Å². The first-order chi connectivity index (χ1) is 18.6. The topological polar surface area (TPSA) is 88.1 Å². The van der Waals surface area contributed by atoms with Crippen molar-refractivity contribution in [3.05, 3.63) is 130 Å². The first kappa shape index (κ1) is 22.1. The van der Waals surface area contributed by atoms with E-state index in [1.807, 2.05) is 48.5 Å². The zero-order chi connectivity index (χ0) is 25.8. The molecule has 6 heteroatoms. The maximum atomic E-state index is 12.7. The molecular weight excluding hydrogens is 476 g/mol. The van der Waals surface area contributed by atoms with Gasteiger partial charge in [0.05, 0.1) is 7.11 Å². The maximum absolute atomic E-state index is 12.7. The van der Waals surface area contributed by atoms with Crippen LogP contribution in [0.25, 0.3) is 43.5 Å². The summed E-state index contributed by atoms with van der Waals surface area (Å²) in [6, 6.07) is 28.0. The van der Waals surface area contributed by atoms with Crippen LogP contribution in [0.15, 0.2) is 107 Å². The second-order valence-corrected chi connectivity index (χ2v) is 9.38. The number of carbonyl (C=O) groups is 1. The second kappa shape index (κ2) is 8.49. The summed E-state index contributed by atoms with van der Waals surface area (Å²) in [5.41, 5.74) is 4.99. The van der Waals surface area contributed by atoms with Gasteiger partial charge in [0.25, 0.3) is 0 Å². The van der Waals surface area contributed by atoms with Gasteiger partial charge < -0.3 is 19.1 Å². The highest BCUT2D eigenvalue weighted by Crippen LogP contribution is 2.43. The standard InChI is InChI=1S/C32H22N2O4/c1-37-31(35)24-15-18-14-23(19-8-2-3-11-22(19)30(18)38-32(24)36)29(25-16-33-27-12-6-4-9-20(25)27)26-17-34-28-13-7-5-10-21(26)28/h2-17,29,33-34H,1H3. The number of para-hydroxylation sites is 2. The monoisotopic (exact) mass is 498 g/mol. The zero-order valence-corrected chi connectivity index (χ0v) is 20.4. The lowest BCUT2D eigenvalue weighted by Crippen LogP contribution is -2.15. The number of ether oxygens (including phenoxy) is 1. The van der Waals surface area contributed by atoms with Crippen molar-refractivity contribution >= 4 is 49.5 Å². The summed E-state index contributed by atoms with van der Waals surface area (Å²) in [4.78, 5) is 31.9. The van der Waals surface area contributed by atoms with Gasteiger partial charge in [-0.25, -0.2) is 9.59 Å². The van der Waals surface area contributed by atoms with Gasteiger partial charge in [0.15, 0.2) is 0 Å². The number of aromatic nitrogens is 2. The third-order valence-electron chi connectivity index (χ3n) is 7.35. The first-order valence-electron chi connectivity index (χ1n) is 12.3. The SMILES string of the molecule is COC(=O)c1cc2cc(C(c3c[nH]c4ccccc34)c3c[nH]c4ccccc34)c3ccccc3c2oc1=O. The molecule has 7 rings (SSSR count). The van der Waals surface area contributed by atoms with Gasteiger partial charge in [0.2, 0.25) is 0 Å². The van der Waals surface area contributed by atoms with E-state index in [9.17, 15) is 9.59 Å². The summed E-state index contributed by atoms with van der Waals surface area (Å²) in [6.07, 6.45) is 4.14.